The van der Waals surface area contributed by atoms with E-state index in [-0.39, 0.29) is 17.5 Å². The predicted octanol–water partition coefficient (Wildman–Crippen LogP) is 2.96. The van der Waals surface area contributed by atoms with Crippen LogP contribution in [-0.4, -0.2) is 52.4 Å². The summed E-state index contributed by atoms with van der Waals surface area (Å²) in [5, 5.41) is 8.08. The van der Waals surface area contributed by atoms with Crippen LogP contribution in [0.1, 0.15) is 40.6 Å². The van der Waals surface area contributed by atoms with Crippen molar-refractivity contribution in [2.75, 3.05) is 26.8 Å². The molecule has 0 unspecified atom stereocenters. The SMILES string of the molecule is COCCc1nncn1C1CCN(C(=O)c2ccc(C(F)(F)F)cc2)CC1. The molecule has 1 aromatic heterocycles. The Labute approximate surface area is 154 Å². The van der Waals surface area contributed by atoms with Crippen molar-refractivity contribution in [1.29, 1.82) is 0 Å². The van der Waals surface area contributed by atoms with Gasteiger partial charge < -0.3 is 14.2 Å². The van der Waals surface area contributed by atoms with Crippen LogP contribution in [0, 0.1) is 0 Å². The minimum Gasteiger partial charge on any atom is -0.384 e. The number of piperidine rings is 1. The summed E-state index contributed by atoms with van der Waals surface area (Å²) in [5.41, 5.74) is -0.486. The van der Waals surface area contributed by atoms with E-state index in [9.17, 15) is 18.0 Å². The lowest BCUT2D eigenvalue weighted by Crippen LogP contribution is -2.39. The van der Waals surface area contributed by atoms with E-state index >= 15 is 0 Å². The van der Waals surface area contributed by atoms with E-state index in [4.69, 9.17) is 4.74 Å². The highest BCUT2D eigenvalue weighted by Crippen LogP contribution is 2.30. The van der Waals surface area contributed by atoms with E-state index in [0.29, 0.717) is 26.1 Å². The number of halogens is 3. The lowest BCUT2D eigenvalue weighted by molar-refractivity contribution is -0.137. The van der Waals surface area contributed by atoms with Gasteiger partial charge in [-0.05, 0) is 37.1 Å². The Morgan fingerprint density at radius 3 is 2.48 bits per heavy atom. The second kappa shape index (κ2) is 8.08. The molecule has 9 heteroatoms. The zero-order valence-corrected chi connectivity index (χ0v) is 14.9. The molecule has 0 bridgehead atoms. The number of hydrogen-bond acceptors (Lipinski definition) is 4. The first-order chi connectivity index (χ1) is 12.9. The van der Waals surface area contributed by atoms with E-state index in [1.807, 2.05) is 4.57 Å². The van der Waals surface area contributed by atoms with Crippen LogP contribution in [0.3, 0.4) is 0 Å². The first kappa shape index (κ1) is 19.3. The number of alkyl halides is 3. The fourth-order valence-corrected chi connectivity index (χ4v) is 3.28. The summed E-state index contributed by atoms with van der Waals surface area (Å²) in [6, 6.07) is 4.56. The van der Waals surface area contributed by atoms with Gasteiger partial charge in [-0.25, -0.2) is 0 Å². The van der Waals surface area contributed by atoms with Gasteiger partial charge in [0.05, 0.1) is 12.2 Å². The average Bonchev–Trinajstić information content (AvgIpc) is 3.14. The first-order valence-electron chi connectivity index (χ1n) is 8.74. The van der Waals surface area contributed by atoms with Crippen molar-refractivity contribution >= 4 is 5.91 Å². The minimum atomic E-state index is -4.40. The third-order valence-electron chi connectivity index (χ3n) is 4.78. The van der Waals surface area contributed by atoms with E-state index in [1.165, 1.54) is 12.1 Å². The molecule has 0 spiro atoms. The Bertz CT molecular complexity index is 766. The minimum absolute atomic E-state index is 0.198. The van der Waals surface area contributed by atoms with Crippen LogP contribution in [0.2, 0.25) is 0 Å². The number of benzene rings is 1. The maximum absolute atomic E-state index is 12.6. The Kier molecular flexibility index (Phi) is 5.79. The zero-order valence-electron chi connectivity index (χ0n) is 14.9. The van der Waals surface area contributed by atoms with Gasteiger partial charge in [0.25, 0.3) is 5.91 Å². The highest BCUT2D eigenvalue weighted by atomic mass is 19.4. The number of aromatic nitrogens is 3. The number of carbonyl (C=O) groups excluding carboxylic acids is 1. The number of carbonyl (C=O) groups is 1. The molecule has 146 valence electrons. The second-order valence-corrected chi connectivity index (χ2v) is 6.50. The molecule has 1 aliphatic rings. The first-order valence-corrected chi connectivity index (χ1v) is 8.74. The fraction of sp³-hybridized carbons (Fsp3) is 0.500. The molecule has 2 heterocycles. The van der Waals surface area contributed by atoms with E-state index in [0.717, 1.165) is 30.8 Å². The van der Waals surface area contributed by atoms with Crippen LogP contribution in [0.25, 0.3) is 0 Å². The molecule has 3 rings (SSSR count). The summed E-state index contributed by atoms with van der Waals surface area (Å²) in [5.74, 6) is 0.606. The zero-order chi connectivity index (χ0) is 19.4. The van der Waals surface area contributed by atoms with Crippen molar-refractivity contribution in [1.82, 2.24) is 19.7 Å². The Morgan fingerprint density at radius 1 is 1.22 bits per heavy atom. The van der Waals surface area contributed by atoms with E-state index in [1.54, 1.807) is 18.3 Å². The van der Waals surface area contributed by atoms with Crippen LogP contribution >= 0.6 is 0 Å². The number of amides is 1. The lowest BCUT2D eigenvalue weighted by Gasteiger charge is -2.33. The fourth-order valence-electron chi connectivity index (χ4n) is 3.28. The van der Waals surface area contributed by atoms with Crippen molar-refractivity contribution in [3.05, 3.63) is 47.5 Å². The maximum atomic E-state index is 12.6. The molecule has 1 amide bonds. The van der Waals surface area contributed by atoms with Gasteiger partial charge in [-0.3, -0.25) is 4.79 Å². The number of methoxy groups -OCH3 is 1. The van der Waals surface area contributed by atoms with Gasteiger partial charge in [-0.1, -0.05) is 0 Å². The Morgan fingerprint density at radius 2 is 1.89 bits per heavy atom. The van der Waals surface area contributed by atoms with Gasteiger partial charge >= 0.3 is 6.18 Å². The second-order valence-electron chi connectivity index (χ2n) is 6.50. The van der Waals surface area contributed by atoms with Gasteiger partial charge in [0.2, 0.25) is 0 Å². The summed E-state index contributed by atoms with van der Waals surface area (Å²) in [6.45, 7) is 1.63. The molecular weight excluding hydrogens is 361 g/mol. The maximum Gasteiger partial charge on any atom is 0.416 e. The van der Waals surface area contributed by atoms with Gasteiger partial charge in [0, 0.05) is 38.2 Å². The standard InChI is InChI=1S/C18H21F3N4O2/c1-27-11-8-16-23-22-12-25(16)15-6-9-24(10-7-15)17(26)13-2-4-14(5-3-13)18(19,20)21/h2-5,12,15H,6-11H2,1H3. The number of likely N-dealkylation sites (tertiary alicyclic amines) is 1. The highest BCUT2D eigenvalue weighted by molar-refractivity contribution is 5.94. The summed E-state index contributed by atoms with van der Waals surface area (Å²) < 4.78 is 45.0. The molecule has 0 N–H and O–H groups in total. The summed E-state index contributed by atoms with van der Waals surface area (Å²) in [7, 11) is 1.63. The molecular formula is C18H21F3N4O2. The topological polar surface area (TPSA) is 60.3 Å². The number of rotatable bonds is 5. The van der Waals surface area contributed by atoms with Crippen molar-refractivity contribution in [2.45, 2.75) is 31.5 Å². The molecule has 0 radical (unpaired) electrons. The van der Waals surface area contributed by atoms with Crippen molar-refractivity contribution in [2.24, 2.45) is 0 Å². The largest absolute Gasteiger partial charge is 0.416 e. The van der Waals surface area contributed by atoms with Crippen LogP contribution in [0.4, 0.5) is 13.2 Å². The number of hydrogen-bond donors (Lipinski definition) is 0. The lowest BCUT2D eigenvalue weighted by atomic mass is 10.0. The summed E-state index contributed by atoms with van der Waals surface area (Å²) in [4.78, 5) is 14.2. The Balaban J connectivity index is 1.60. The normalized spacial score (nSPS) is 15.9. The molecule has 2 aromatic rings. The average molecular weight is 382 g/mol. The van der Waals surface area contributed by atoms with Crippen molar-refractivity contribution in [3.63, 3.8) is 0 Å². The van der Waals surface area contributed by atoms with Crippen LogP contribution in [-0.2, 0) is 17.3 Å². The number of nitrogens with zero attached hydrogens (tertiary/aromatic N) is 4. The summed E-state index contributed by atoms with van der Waals surface area (Å²) >= 11 is 0. The van der Waals surface area contributed by atoms with Crippen molar-refractivity contribution < 1.29 is 22.7 Å². The third-order valence-corrected chi connectivity index (χ3v) is 4.78. The smallest absolute Gasteiger partial charge is 0.384 e. The Hall–Kier alpha value is -2.42. The molecule has 1 saturated heterocycles. The summed E-state index contributed by atoms with van der Waals surface area (Å²) in [6.07, 6.45) is -0.557. The predicted molar refractivity (Wildman–Crippen MR) is 91.2 cm³/mol. The molecule has 0 atom stereocenters. The highest BCUT2D eigenvalue weighted by Gasteiger charge is 2.31. The van der Waals surface area contributed by atoms with Crippen molar-refractivity contribution in [3.8, 4) is 0 Å². The van der Waals surface area contributed by atoms with Gasteiger partial charge in [0.1, 0.15) is 12.2 Å². The van der Waals surface area contributed by atoms with Gasteiger partial charge in [-0.2, -0.15) is 13.2 Å². The quantitative estimate of drug-likeness (QED) is 0.798. The molecule has 0 aliphatic carbocycles. The van der Waals surface area contributed by atoms with E-state index < -0.39 is 11.7 Å². The van der Waals surface area contributed by atoms with Gasteiger partial charge in [0.15, 0.2) is 0 Å². The molecule has 1 aliphatic heterocycles. The molecule has 0 saturated carbocycles. The third kappa shape index (κ3) is 4.47. The van der Waals surface area contributed by atoms with Gasteiger partial charge in [-0.15, -0.1) is 10.2 Å². The van der Waals surface area contributed by atoms with E-state index in [2.05, 4.69) is 10.2 Å². The van der Waals surface area contributed by atoms with Crippen LogP contribution < -0.4 is 0 Å². The van der Waals surface area contributed by atoms with Crippen LogP contribution in [0.15, 0.2) is 30.6 Å². The number of ether oxygens (including phenoxy) is 1. The monoisotopic (exact) mass is 382 g/mol. The molecule has 1 aromatic carbocycles. The molecule has 27 heavy (non-hydrogen) atoms. The molecule has 1 fully saturated rings. The molecule has 6 nitrogen and oxygen atoms in total. The van der Waals surface area contributed by atoms with Crippen LogP contribution in [0.5, 0.6) is 0 Å².